The number of ether oxygens (including phenoxy) is 1. The third-order valence-corrected chi connectivity index (χ3v) is 7.97. The van der Waals surface area contributed by atoms with E-state index >= 15 is 0 Å². The molecule has 1 aliphatic rings. The van der Waals surface area contributed by atoms with Crippen LogP contribution in [0.15, 0.2) is 39.7 Å². The molecule has 0 saturated carbocycles. The highest BCUT2D eigenvalue weighted by Gasteiger charge is 2.23. The fraction of sp³-hybridized carbons (Fsp3) is 0.346. The summed E-state index contributed by atoms with van der Waals surface area (Å²) >= 11 is 1.02. The predicted molar refractivity (Wildman–Crippen MR) is 150 cm³/mol. The Balaban J connectivity index is 1.12. The van der Waals surface area contributed by atoms with E-state index in [4.69, 9.17) is 20.0 Å². The molecule has 5 heterocycles. The quantitative estimate of drug-likeness (QED) is 0.227. The molecule has 0 unspecified atom stereocenters. The molecule has 16 heteroatoms. The van der Waals surface area contributed by atoms with Crippen LogP contribution < -0.4 is 20.2 Å². The van der Waals surface area contributed by atoms with Crippen molar-refractivity contribution in [1.29, 1.82) is 0 Å². The lowest BCUT2D eigenvalue weighted by molar-refractivity contribution is -0.137. The molecule has 4 aromatic heterocycles. The van der Waals surface area contributed by atoms with Crippen LogP contribution in [0.5, 0.6) is 5.75 Å². The number of nitrogens with two attached hydrogens (primary N) is 1. The van der Waals surface area contributed by atoms with E-state index in [-0.39, 0.29) is 41.7 Å². The van der Waals surface area contributed by atoms with Crippen molar-refractivity contribution in [1.82, 2.24) is 29.0 Å². The average Bonchev–Trinajstić information content (AvgIpc) is 3.71. The molecule has 0 radical (unpaired) electrons. The van der Waals surface area contributed by atoms with Crippen molar-refractivity contribution < 1.29 is 27.8 Å². The molecule has 5 aromatic rings. The summed E-state index contributed by atoms with van der Waals surface area (Å²) in [6.07, 6.45) is 1.62. The number of halogens is 2. The predicted octanol–water partition coefficient (Wildman–Crippen LogP) is 2.69. The Kier molecular flexibility index (Phi) is 7.47. The van der Waals surface area contributed by atoms with Crippen molar-refractivity contribution in [3.63, 3.8) is 0 Å². The number of aromatic nitrogens is 5. The van der Waals surface area contributed by atoms with E-state index in [0.29, 0.717) is 66.8 Å². The van der Waals surface area contributed by atoms with Gasteiger partial charge in [-0.05, 0) is 18.6 Å². The molecule has 0 atom stereocenters. The molecule has 1 aromatic carbocycles. The number of furan rings is 1. The average molecular weight is 601 g/mol. The molecule has 220 valence electrons. The van der Waals surface area contributed by atoms with E-state index in [1.807, 2.05) is 4.90 Å². The zero-order valence-corrected chi connectivity index (χ0v) is 23.0. The molecule has 42 heavy (non-hydrogen) atoms. The monoisotopic (exact) mass is 600 g/mol. The van der Waals surface area contributed by atoms with Crippen LogP contribution in [0, 0.1) is 11.6 Å². The van der Waals surface area contributed by atoms with Crippen LogP contribution in [-0.2, 0) is 11.3 Å². The number of anilines is 2. The Bertz CT molecular complexity index is 1810. The van der Waals surface area contributed by atoms with Gasteiger partial charge in [-0.2, -0.15) is 9.50 Å². The van der Waals surface area contributed by atoms with Gasteiger partial charge in [-0.15, -0.1) is 5.10 Å². The van der Waals surface area contributed by atoms with E-state index < -0.39 is 17.6 Å². The SMILES string of the molecule is Nc1nc2c(sc(=O)n2CCN2CCN(c3cc(OCCCC(=O)O)c(F)cc3F)CC2)c2nc(-c3ccco3)nn12. The van der Waals surface area contributed by atoms with Gasteiger partial charge in [0.1, 0.15) is 10.5 Å². The number of fused-ring (bicyclic) bond motifs is 3. The Labute approximate surface area is 240 Å². The summed E-state index contributed by atoms with van der Waals surface area (Å²) in [5.74, 6) is -1.73. The second kappa shape index (κ2) is 11.4. The van der Waals surface area contributed by atoms with Gasteiger partial charge in [0.25, 0.3) is 0 Å². The van der Waals surface area contributed by atoms with Gasteiger partial charge in [0.2, 0.25) is 11.8 Å². The Hall–Kier alpha value is -4.57. The zero-order chi connectivity index (χ0) is 29.4. The number of carboxylic acid groups (broad SMARTS) is 1. The van der Waals surface area contributed by atoms with Crippen LogP contribution in [0.2, 0.25) is 0 Å². The second-order valence-electron chi connectivity index (χ2n) is 9.70. The first-order chi connectivity index (χ1) is 20.3. The van der Waals surface area contributed by atoms with E-state index in [9.17, 15) is 18.4 Å². The highest BCUT2D eigenvalue weighted by Crippen LogP contribution is 2.30. The third-order valence-electron chi connectivity index (χ3n) is 7.00. The summed E-state index contributed by atoms with van der Waals surface area (Å²) in [6, 6.07) is 5.55. The lowest BCUT2D eigenvalue weighted by atomic mass is 10.2. The first kappa shape index (κ1) is 27.6. The minimum absolute atomic E-state index is 0.00691. The van der Waals surface area contributed by atoms with Gasteiger partial charge in [0.15, 0.2) is 28.6 Å². The highest BCUT2D eigenvalue weighted by molar-refractivity contribution is 7.17. The second-order valence-corrected chi connectivity index (χ2v) is 10.7. The Morgan fingerprint density at radius 2 is 1.93 bits per heavy atom. The summed E-state index contributed by atoms with van der Waals surface area (Å²) in [5.41, 5.74) is 7.23. The van der Waals surface area contributed by atoms with Crippen LogP contribution in [0.4, 0.5) is 20.4 Å². The first-order valence-electron chi connectivity index (χ1n) is 13.2. The van der Waals surface area contributed by atoms with Crippen molar-refractivity contribution in [2.45, 2.75) is 19.4 Å². The molecule has 1 saturated heterocycles. The number of thiazole rings is 1. The smallest absolute Gasteiger partial charge is 0.309 e. The third kappa shape index (κ3) is 5.37. The number of rotatable bonds is 10. The highest BCUT2D eigenvalue weighted by atomic mass is 32.1. The Morgan fingerprint density at radius 3 is 2.67 bits per heavy atom. The lowest BCUT2D eigenvalue weighted by Gasteiger charge is -2.36. The lowest BCUT2D eigenvalue weighted by Crippen LogP contribution is -2.47. The molecule has 6 rings (SSSR count). The summed E-state index contributed by atoms with van der Waals surface area (Å²) in [7, 11) is 0. The fourth-order valence-corrected chi connectivity index (χ4v) is 5.80. The maximum absolute atomic E-state index is 14.7. The largest absolute Gasteiger partial charge is 0.490 e. The van der Waals surface area contributed by atoms with Gasteiger partial charge in [-0.25, -0.2) is 13.8 Å². The molecule has 3 N–H and O–H groups in total. The molecule has 13 nitrogen and oxygen atoms in total. The first-order valence-corrected chi connectivity index (χ1v) is 14.0. The summed E-state index contributed by atoms with van der Waals surface area (Å²) < 4.78 is 43.2. The standard InChI is InChI=1S/C26H26F2N8O5S/c27-15-13-16(28)19(41-12-2-4-20(37)38)14-17(15)34-8-5-33(6-9-34)7-10-35-23-21(42-26(35)39)24-30-22(18-3-1-11-40-18)32-36(24)25(29)31-23/h1,3,11,13-14H,2,4-10,12H2,(H2,29,31)(H,37,38). The summed E-state index contributed by atoms with van der Waals surface area (Å²) in [5, 5.41) is 13.1. The number of carboxylic acids is 1. The molecular formula is C26H26F2N8O5S. The Morgan fingerprint density at radius 1 is 1.12 bits per heavy atom. The van der Waals surface area contributed by atoms with Gasteiger partial charge in [-0.1, -0.05) is 11.3 Å². The van der Waals surface area contributed by atoms with Gasteiger partial charge in [0.05, 0.1) is 18.6 Å². The van der Waals surface area contributed by atoms with Crippen molar-refractivity contribution in [3.05, 3.63) is 51.8 Å². The van der Waals surface area contributed by atoms with Crippen LogP contribution in [0.1, 0.15) is 12.8 Å². The number of benzene rings is 1. The van der Waals surface area contributed by atoms with E-state index in [0.717, 1.165) is 17.4 Å². The summed E-state index contributed by atoms with van der Waals surface area (Å²) in [6.45, 7) is 3.02. The zero-order valence-electron chi connectivity index (χ0n) is 22.2. The van der Waals surface area contributed by atoms with Crippen LogP contribution >= 0.6 is 11.3 Å². The van der Waals surface area contributed by atoms with Crippen LogP contribution in [0.25, 0.3) is 27.6 Å². The summed E-state index contributed by atoms with van der Waals surface area (Å²) in [4.78, 5) is 36.3. The molecule has 0 bridgehead atoms. The molecule has 0 aliphatic carbocycles. The molecule has 0 spiro atoms. The fourth-order valence-electron chi connectivity index (χ4n) is 4.87. The number of hydrogen-bond donors (Lipinski definition) is 2. The molecule has 1 fully saturated rings. The van der Waals surface area contributed by atoms with Gasteiger partial charge >= 0.3 is 10.8 Å². The van der Waals surface area contributed by atoms with Crippen LogP contribution in [0.3, 0.4) is 0 Å². The molecular weight excluding hydrogens is 574 g/mol. The number of aliphatic carboxylic acids is 1. The van der Waals surface area contributed by atoms with Gasteiger partial charge < -0.3 is 24.9 Å². The van der Waals surface area contributed by atoms with Gasteiger partial charge in [-0.3, -0.25) is 19.1 Å². The number of carbonyl (C=O) groups is 1. The van der Waals surface area contributed by atoms with Crippen molar-refractivity contribution in [3.8, 4) is 17.3 Å². The number of hydrogen-bond acceptors (Lipinski definition) is 11. The van der Waals surface area contributed by atoms with E-state index in [1.165, 1.54) is 16.8 Å². The number of nitrogen functional groups attached to an aromatic ring is 1. The maximum atomic E-state index is 14.7. The van der Waals surface area contributed by atoms with Crippen molar-refractivity contribution in [2.24, 2.45) is 0 Å². The minimum Gasteiger partial charge on any atom is -0.490 e. The minimum atomic E-state index is -0.971. The van der Waals surface area contributed by atoms with E-state index in [1.54, 1.807) is 16.7 Å². The van der Waals surface area contributed by atoms with Crippen molar-refractivity contribution >= 4 is 44.9 Å². The normalized spacial score (nSPS) is 14.3. The number of piperazine rings is 1. The van der Waals surface area contributed by atoms with E-state index in [2.05, 4.69) is 20.0 Å². The number of nitrogens with zero attached hydrogens (tertiary/aromatic N) is 7. The topological polar surface area (TPSA) is 157 Å². The van der Waals surface area contributed by atoms with Crippen LogP contribution in [-0.4, -0.2) is 79.5 Å². The van der Waals surface area contributed by atoms with Crippen molar-refractivity contribution in [2.75, 3.05) is 50.0 Å². The molecule has 1 aliphatic heterocycles. The van der Waals surface area contributed by atoms with Gasteiger partial charge in [0, 0.05) is 57.8 Å². The maximum Gasteiger partial charge on any atom is 0.309 e. The molecule has 0 amide bonds.